The van der Waals surface area contributed by atoms with Gasteiger partial charge in [0.05, 0.1) is 13.2 Å². The summed E-state index contributed by atoms with van der Waals surface area (Å²) in [5, 5.41) is 0. The maximum absolute atomic E-state index is 12.6. The van der Waals surface area contributed by atoms with Crippen molar-refractivity contribution >= 4 is 25.5 Å². The van der Waals surface area contributed by atoms with E-state index in [0.29, 0.717) is 19.3 Å². The first-order chi connectivity index (χ1) is 26.2. The topological polar surface area (TPSA) is 151 Å². The number of esters is 2. The molecule has 0 bridgehead atoms. The summed E-state index contributed by atoms with van der Waals surface area (Å²) < 4.78 is 32.6. The Labute approximate surface area is 327 Å². The zero-order valence-corrected chi connectivity index (χ0v) is 34.6. The van der Waals surface area contributed by atoms with Crippen LogP contribution < -0.4 is 5.73 Å². The van der Waals surface area contributed by atoms with Crippen LogP contribution in [-0.2, 0) is 37.5 Å². The number of rotatable bonds is 38. The highest BCUT2D eigenvalue weighted by atomic mass is 31.2. The normalized spacial score (nSPS) is 13.9. The summed E-state index contributed by atoms with van der Waals surface area (Å²) >= 11 is 0. The number of hydrogen-bond donors (Lipinski definition) is 2. The van der Waals surface area contributed by atoms with Crippen LogP contribution in [0.15, 0.2) is 60.8 Å². The first-order valence-corrected chi connectivity index (χ1v) is 22.2. The Balaban J connectivity index is 4.31. The Bertz CT molecular complexity index is 1130. The monoisotopic (exact) mass is 780 g/mol. The van der Waals surface area contributed by atoms with E-state index in [0.717, 1.165) is 89.9 Å². The highest BCUT2D eigenvalue weighted by Gasteiger charge is 2.26. The van der Waals surface area contributed by atoms with Crippen molar-refractivity contribution in [1.82, 2.24) is 0 Å². The van der Waals surface area contributed by atoms with Gasteiger partial charge in [0.25, 0.3) is 0 Å². The Hall–Kier alpha value is -2.62. The molecule has 1 unspecified atom stereocenters. The molecule has 0 aliphatic heterocycles. The van der Waals surface area contributed by atoms with E-state index in [9.17, 15) is 23.8 Å². The predicted octanol–water partition coefficient (Wildman–Crippen LogP) is 10.9. The van der Waals surface area contributed by atoms with Crippen molar-refractivity contribution in [2.24, 2.45) is 5.73 Å². The number of ketones is 1. The summed E-state index contributed by atoms with van der Waals surface area (Å²) in [6, 6.07) is 0. The van der Waals surface area contributed by atoms with Crippen molar-refractivity contribution in [2.45, 2.75) is 168 Å². The van der Waals surface area contributed by atoms with Crippen LogP contribution in [0.25, 0.3) is 0 Å². The largest absolute Gasteiger partial charge is 0.472 e. The number of ether oxygens (including phenoxy) is 2. The van der Waals surface area contributed by atoms with Gasteiger partial charge in [0.1, 0.15) is 6.61 Å². The second kappa shape index (κ2) is 38.6. The molecule has 0 radical (unpaired) electrons. The van der Waals surface area contributed by atoms with Crippen LogP contribution in [0.1, 0.15) is 162 Å². The molecule has 0 saturated heterocycles. The van der Waals surface area contributed by atoms with Crippen LogP contribution in [0.2, 0.25) is 0 Å². The smallest absolute Gasteiger partial charge is 0.462 e. The zero-order chi connectivity index (χ0) is 39.8. The minimum absolute atomic E-state index is 0.0338. The van der Waals surface area contributed by atoms with Gasteiger partial charge in [0.2, 0.25) is 0 Å². The second-order valence-corrected chi connectivity index (χ2v) is 15.0. The number of hydrogen-bond acceptors (Lipinski definition) is 9. The van der Waals surface area contributed by atoms with E-state index in [-0.39, 0.29) is 38.4 Å². The van der Waals surface area contributed by atoms with E-state index in [1.807, 2.05) is 12.2 Å². The fourth-order valence-electron chi connectivity index (χ4n) is 5.21. The number of phosphoric acid groups is 1. The number of carbonyl (C=O) groups is 3. The zero-order valence-electron chi connectivity index (χ0n) is 33.7. The first kappa shape index (κ1) is 51.4. The lowest BCUT2D eigenvalue weighted by atomic mass is 10.1. The summed E-state index contributed by atoms with van der Waals surface area (Å²) in [4.78, 5) is 46.5. The van der Waals surface area contributed by atoms with Crippen molar-refractivity contribution in [3.05, 3.63) is 60.8 Å². The fourth-order valence-corrected chi connectivity index (χ4v) is 5.97. The van der Waals surface area contributed by atoms with E-state index >= 15 is 0 Å². The summed E-state index contributed by atoms with van der Waals surface area (Å²) in [6.45, 7) is 3.45. The van der Waals surface area contributed by atoms with Crippen molar-refractivity contribution in [2.75, 3.05) is 26.4 Å². The predicted molar refractivity (Wildman–Crippen MR) is 220 cm³/mol. The van der Waals surface area contributed by atoms with Crippen LogP contribution in [0.4, 0.5) is 0 Å². The molecular weight excluding hydrogens is 705 g/mol. The van der Waals surface area contributed by atoms with Crippen molar-refractivity contribution in [3.8, 4) is 0 Å². The molecule has 0 saturated carbocycles. The molecule has 0 rings (SSSR count). The van der Waals surface area contributed by atoms with Gasteiger partial charge in [-0.1, -0.05) is 126 Å². The number of phosphoric ester groups is 1. The Kier molecular flexibility index (Phi) is 36.8. The standard InChI is InChI=1S/C43H74NO9P/c1-3-5-7-8-9-10-11-12-13-14-15-16-17-20-24-27-31-35-43(47)53-41(39-52-54(48,49)51-37-36-44)38-50-42(46)34-30-26-23-21-18-19-22-25-29-33-40(45)32-28-6-4-2/h9-10,12-13,15-16,22,25,29,33,41H,3-8,11,14,17-21,23-24,26-28,30-32,34-39,44H2,1-2H3,(H,48,49)/b10-9-,13-12-,16-15-,25-22-,33-29+/t41-/m1/s1. The highest BCUT2D eigenvalue weighted by molar-refractivity contribution is 7.47. The van der Waals surface area contributed by atoms with Gasteiger partial charge in [-0.05, 0) is 76.7 Å². The molecule has 10 nitrogen and oxygen atoms in total. The minimum Gasteiger partial charge on any atom is -0.462 e. The van der Waals surface area contributed by atoms with E-state index < -0.39 is 32.5 Å². The van der Waals surface area contributed by atoms with E-state index in [1.54, 1.807) is 6.08 Å². The van der Waals surface area contributed by atoms with Gasteiger partial charge in [0.15, 0.2) is 11.9 Å². The van der Waals surface area contributed by atoms with Crippen molar-refractivity contribution in [1.29, 1.82) is 0 Å². The molecule has 0 aromatic rings. The molecule has 11 heteroatoms. The molecule has 0 amide bonds. The molecule has 0 spiro atoms. The van der Waals surface area contributed by atoms with Crippen LogP contribution in [0, 0.1) is 0 Å². The summed E-state index contributed by atoms with van der Waals surface area (Å²) in [6.07, 6.45) is 40.8. The van der Waals surface area contributed by atoms with Gasteiger partial charge >= 0.3 is 19.8 Å². The number of unbranched alkanes of at least 4 members (excludes halogenated alkanes) is 14. The Morgan fingerprint density at radius 2 is 1.13 bits per heavy atom. The van der Waals surface area contributed by atoms with Crippen LogP contribution in [0.5, 0.6) is 0 Å². The molecule has 54 heavy (non-hydrogen) atoms. The van der Waals surface area contributed by atoms with Gasteiger partial charge in [-0.3, -0.25) is 23.4 Å². The average molecular weight is 780 g/mol. The minimum atomic E-state index is -4.40. The first-order valence-electron chi connectivity index (χ1n) is 20.7. The lowest BCUT2D eigenvalue weighted by Gasteiger charge is -2.19. The summed E-state index contributed by atoms with van der Waals surface area (Å²) in [7, 11) is -4.40. The van der Waals surface area contributed by atoms with Crippen molar-refractivity contribution < 1.29 is 42.4 Å². The molecule has 0 aromatic heterocycles. The van der Waals surface area contributed by atoms with Gasteiger partial charge in [-0.2, -0.15) is 0 Å². The van der Waals surface area contributed by atoms with Crippen LogP contribution >= 0.6 is 7.82 Å². The van der Waals surface area contributed by atoms with Crippen LogP contribution in [-0.4, -0.2) is 55.1 Å². The lowest BCUT2D eigenvalue weighted by molar-refractivity contribution is -0.161. The van der Waals surface area contributed by atoms with Gasteiger partial charge < -0.3 is 20.1 Å². The van der Waals surface area contributed by atoms with E-state index in [1.165, 1.54) is 25.7 Å². The molecule has 2 atom stereocenters. The lowest BCUT2D eigenvalue weighted by Crippen LogP contribution is -2.29. The highest BCUT2D eigenvalue weighted by Crippen LogP contribution is 2.43. The SMILES string of the molecule is CCCCC/C=C\C/C=C\C/C=C\CCCCCCC(=O)O[C@H](COC(=O)CCCCCCC/C=C\C=C\C(=O)CCCCC)COP(=O)(O)OCCN. The van der Waals surface area contributed by atoms with Gasteiger partial charge in [0, 0.05) is 25.8 Å². The molecule has 310 valence electrons. The Morgan fingerprint density at radius 1 is 0.611 bits per heavy atom. The third-order valence-corrected chi connectivity index (χ3v) is 9.34. The fraction of sp³-hybridized carbons (Fsp3) is 0.698. The second-order valence-electron chi connectivity index (χ2n) is 13.5. The molecule has 0 aromatic carbocycles. The van der Waals surface area contributed by atoms with E-state index in [4.69, 9.17) is 24.3 Å². The maximum Gasteiger partial charge on any atom is 0.472 e. The molecular formula is C43H74NO9P. The number of carbonyl (C=O) groups excluding carboxylic acids is 3. The number of nitrogens with two attached hydrogens (primary N) is 1. The van der Waals surface area contributed by atoms with E-state index in [2.05, 4.69) is 56.4 Å². The van der Waals surface area contributed by atoms with Crippen molar-refractivity contribution in [3.63, 3.8) is 0 Å². The quantitative estimate of drug-likeness (QED) is 0.0155. The Morgan fingerprint density at radius 3 is 1.76 bits per heavy atom. The van der Waals surface area contributed by atoms with Gasteiger partial charge in [-0.25, -0.2) is 4.57 Å². The molecule has 0 aliphatic carbocycles. The molecule has 0 aliphatic rings. The molecule has 0 fully saturated rings. The summed E-state index contributed by atoms with van der Waals surface area (Å²) in [5.74, 6) is -0.747. The summed E-state index contributed by atoms with van der Waals surface area (Å²) in [5.41, 5.74) is 5.33. The van der Waals surface area contributed by atoms with Gasteiger partial charge in [-0.15, -0.1) is 0 Å². The molecule has 3 N–H and O–H groups in total. The number of allylic oxidation sites excluding steroid dienone is 10. The van der Waals surface area contributed by atoms with Crippen LogP contribution in [0.3, 0.4) is 0 Å². The maximum atomic E-state index is 12.6. The molecule has 0 heterocycles. The average Bonchev–Trinajstić information content (AvgIpc) is 3.15. The third-order valence-electron chi connectivity index (χ3n) is 8.35. The third kappa shape index (κ3) is 37.7.